The van der Waals surface area contributed by atoms with Gasteiger partial charge >= 0.3 is 0 Å². The summed E-state index contributed by atoms with van der Waals surface area (Å²) in [7, 11) is 0. The third-order valence-corrected chi connectivity index (χ3v) is 2.42. The Morgan fingerprint density at radius 3 is 2.82 bits per heavy atom. The molecule has 17 heavy (non-hydrogen) atoms. The van der Waals surface area contributed by atoms with Gasteiger partial charge in [0.15, 0.2) is 5.84 Å². The molecule has 0 atom stereocenters. The van der Waals surface area contributed by atoms with Gasteiger partial charge in [-0.05, 0) is 26.0 Å². The van der Waals surface area contributed by atoms with Crippen LogP contribution in [0.1, 0.15) is 17.0 Å². The first-order valence-corrected chi connectivity index (χ1v) is 5.09. The number of rotatable bonds is 2. The third kappa shape index (κ3) is 1.96. The van der Waals surface area contributed by atoms with Crippen LogP contribution in [0, 0.1) is 13.8 Å². The van der Waals surface area contributed by atoms with Crippen molar-refractivity contribution in [3.8, 4) is 5.69 Å². The Labute approximate surface area is 98.4 Å². The molecule has 6 heteroatoms. The minimum Gasteiger partial charge on any atom is -0.409 e. The Balaban J connectivity index is 2.72. The minimum atomic E-state index is 0.0282. The fourth-order valence-corrected chi connectivity index (χ4v) is 1.77. The van der Waals surface area contributed by atoms with E-state index in [1.807, 2.05) is 19.9 Å². The molecular formula is C11H13N5O. The zero-order chi connectivity index (χ0) is 12.4. The van der Waals surface area contributed by atoms with E-state index in [1.165, 1.54) is 0 Å². The minimum absolute atomic E-state index is 0.0282. The molecule has 0 aromatic carbocycles. The van der Waals surface area contributed by atoms with Crippen LogP contribution < -0.4 is 5.73 Å². The van der Waals surface area contributed by atoms with Crippen LogP contribution in [0.15, 0.2) is 29.7 Å². The molecule has 2 rings (SSSR count). The first kappa shape index (κ1) is 11.1. The molecule has 3 N–H and O–H groups in total. The van der Waals surface area contributed by atoms with Gasteiger partial charge < -0.3 is 10.9 Å². The van der Waals surface area contributed by atoms with E-state index in [-0.39, 0.29) is 5.84 Å². The molecule has 2 aromatic rings. The Morgan fingerprint density at radius 1 is 1.47 bits per heavy atom. The lowest BCUT2D eigenvalue weighted by Crippen LogP contribution is -2.19. The van der Waals surface area contributed by atoms with Crippen molar-refractivity contribution in [3.05, 3.63) is 41.5 Å². The number of hydrogen-bond acceptors (Lipinski definition) is 4. The van der Waals surface area contributed by atoms with E-state index >= 15 is 0 Å². The summed E-state index contributed by atoms with van der Waals surface area (Å²) in [5.74, 6) is 0.0282. The molecule has 6 nitrogen and oxygen atoms in total. The molecule has 0 bridgehead atoms. The van der Waals surface area contributed by atoms with Crippen LogP contribution in [0.5, 0.6) is 0 Å². The van der Waals surface area contributed by atoms with Gasteiger partial charge in [-0.2, -0.15) is 5.10 Å². The first-order chi connectivity index (χ1) is 8.13. The Kier molecular flexibility index (Phi) is 2.78. The molecule has 0 saturated heterocycles. The summed E-state index contributed by atoms with van der Waals surface area (Å²) in [4.78, 5) is 4.30. The van der Waals surface area contributed by atoms with Gasteiger partial charge in [-0.1, -0.05) is 5.16 Å². The summed E-state index contributed by atoms with van der Waals surface area (Å²) in [6, 6.07) is 3.65. The second kappa shape index (κ2) is 4.25. The van der Waals surface area contributed by atoms with Crippen LogP contribution >= 0.6 is 0 Å². The molecular weight excluding hydrogens is 218 g/mol. The van der Waals surface area contributed by atoms with Crippen molar-refractivity contribution in [3.63, 3.8) is 0 Å². The average Bonchev–Trinajstić information content (AvgIpc) is 2.80. The Bertz CT molecular complexity index is 559. The molecule has 2 aromatic heterocycles. The van der Waals surface area contributed by atoms with Gasteiger partial charge in [0.25, 0.3) is 0 Å². The van der Waals surface area contributed by atoms with Crippen molar-refractivity contribution in [2.45, 2.75) is 13.8 Å². The van der Waals surface area contributed by atoms with E-state index in [0.29, 0.717) is 11.3 Å². The number of oxime groups is 1. The zero-order valence-electron chi connectivity index (χ0n) is 9.62. The lowest BCUT2D eigenvalue weighted by atomic mass is 10.1. The maximum absolute atomic E-state index is 8.81. The lowest BCUT2D eigenvalue weighted by Gasteiger charge is -2.11. The molecule has 0 amide bonds. The molecule has 88 valence electrons. The number of nitrogens with zero attached hydrogens (tertiary/aromatic N) is 4. The standard InChI is InChI=1S/C11H13N5O/c1-7-6-9(16-5-3-4-13-16)10(8(2)14-7)11(12)15-17/h3-6,17H,1-2H3,(H2,12,15). The van der Waals surface area contributed by atoms with Crippen molar-refractivity contribution in [2.24, 2.45) is 10.9 Å². The molecule has 0 saturated carbocycles. The van der Waals surface area contributed by atoms with Crippen LogP contribution in [0.2, 0.25) is 0 Å². The van der Waals surface area contributed by atoms with Crippen molar-refractivity contribution in [1.29, 1.82) is 0 Å². The second-order valence-electron chi connectivity index (χ2n) is 3.68. The van der Waals surface area contributed by atoms with Gasteiger partial charge in [0.1, 0.15) is 0 Å². The molecule has 0 radical (unpaired) electrons. The van der Waals surface area contributed by atoms with E-state index in [9.17, 15) is 0 Å². The fraction of sp³-hybridized carbons (Fsp3) is 0.182. The monoisotopic (exact) mass is 231 g/mol. The van der Waals surface area contributed by atoms with Crippen molar-refractivity contribution >= 4 is 5.84 Å². The number of aryl methyl sites for hydroxylation is 2. The highest BCUT2D eigenvalue weighted by atomic mass is 16.4. The molecule has 0 aliphatic heterocycles. The molecule has 0 aliphatic carbocycles. The SMILES string of the molecule is Cc1cc(-n2cccn2)c(/C(N)=N/O)c(C)n1. The highest BCUT2D eigenvalue weighted by Gasteiger charge is 2.14. The Morgan fingerprint density at radius 2 is 2.24 bits per heavy atom. The van der Waals surface area contributed by atoms with Gasteiger partial charge in [-0.15, -0.1) is 0 Å². The van der Waals surface area contributed by atoms with Crippen LogP contribution in [-0.2, 0) is 0 Å². The topological polar surface area (TPSA) is 89.3 Å². The number of aromatic nitrogens is 3. The van der Waals surface area contributed by atoms with Crippen LogP contribution in [0.4, 0.5) is 0 Å². The van der Waals surface area contributed by atoms with Crippen molar-refractivity contribution in [2.75, 3.05) is 0 Å². The molecule has 0 aliphatic rings. The number of pyridine rings is 1. The summed E-state index contributed by atoms with van der Waals surface area (Å²) < 4.78 is 1.66. The molecule has 2 heterocycles. The maximum atomic E-state index is 8.81. The maximum Gasteiger partial charge on any atom is 0.174 e. The highest BCUT2D eigenvalue weighted by Crippen LogP contribution is 2.17. The molecule has 0 unspecified atom stereocenters. The molecule has 0 spiro atoms. The Hall–Kier alpha value is -2.37. The van der Waals surface area contributed by atoms with Gasteiger partial charge in [0.05, 0.1) is 16.9 Å². The lowest BCUT2D eigenvalue weighted by molar-refractivity contribution is 0.318. The van der Waals surface area contributed by atoms with Gasteiger partial charge in [0, 0.05) is 18.1 Å². The second-order valence-corrected chi connectivity index (χ2v) is 3.68. The smallest absolute Gasteiger partial charge is 0.174 e. The summed E-state index contributed by atoms with van der Waals surface area (Å²) in [6.07, 6.45) is 3.46. The van der Waals surface area contributed by atoms with Gasteiger partial charge in [0.2, 0.25) is 0 Å². The highest BCUT2D eigenvalue weighted by molar-refractivity contribution is 6.01. The summed E-state index contributed by atoms with van der Waals surface area (Å²) >= 11 is 0. The van der Waals surface area contributed by atoms with E-state index < -0.39 is 0 Å². The van der Waals surface area contributed by atoms with Crippen LogP contribution in [0.3, 0.4) is 0 Å². The number of nitrogens with two attached hydrogens (primary N) is 1. The normalized spacial score (nSPS) is 11.8. The zero-order valence-corrected chi connectivity index (χ0v) is 9.62. The van der Waals surface area contributed by atoms with Crippen LogP contribution in [0.25, 0.3) is 5.69 Å². The van der Waals surface area contributed by atoms with Crippen molar-refractivity contribution < 1.29 is 5.21 Å². The summed E-state index contributed by atoms with van der Waals surface area (Å²) in [5, 5.41) is 16.0. The predicted octanol–water partition coefficient (Wildman–Crippen LogP) is 0.979. The van der Waals surface area contributed by atoms with E-state index in [4.69, 9.17) is 10.9 Å². The fourth-order valence-electron chi connectivity index (χ4n) is 1.77. The number of amidine groups is 1. The van der Waals surface area contributed by atoms with E-state index in [1.54, 1.807) is 23.1 Å². The average molecular weight is 231 g/mol. The quantitative estimate of drug-likeness (QED) is 0.349. The third-order valence-electron chi connectivity index (χ3n) is 2.42. The van der Waals surface area contributed by atoms with E-state index in [0.717, 1.165) is 11.4 Å². The number of hydrogen-bond donors (Lipinski definition) is 2. The summed E-state index contributed by atoms with van der Waals surface area (Å²) in [6.45, 7) is 3.70. The van der Waals surface area contributed by atoms with Crippen LogP contribution in [-0.4, -0.2) is 25.8 Å². The first-order valence-electron chi connectivity index (χ1n) is 5.09. The molecule has 0 fully saturated rings. The van der Waals surface area contributed by atoms with Crippen molar-refractivity contribution in [1.82, 2.24) is 14.8 Å². The summed E-state index contributed by atoms with van der Waals surface area (Å²) in [5.41, 5.74) is 8.55. The van der Waals surface area contributed by atoms with E-state index in [2.05, 4.69) is 15.2 Å². The van der Waals surface area contributed by atoms with Gasteiger partial charge in [-0.25, -0.2) is 4.68 Å². The van der Waals surface area contributed by atoms with Gasteiger partial charge in [-0.3, -0.25) is 4.98 Å². The largest absolute Gasteiger partial charge is 0.409 e. The predicted molar refractivity (Wildman–Crippen MR) is 63.3 cm³/mol.